The molecule has 5 rings (SSSR count). The lowest BCUT2D eigenvalue weighted by molar-refractivity contribution is -0.121. The molecule has 1 aliphatic rings. The van der Waals surface area contributed by atoms with Gasteiger partial charge in [0.2, 0.25) is 5.91 Å². The van der Waals surface area contributed by atoms with Crippen molar-refractivity contribution in [1.82, 2.24) is 20.0 Å². The van der Waals surface area contributed by atoms with Crippen molar-refractivity contribution in [2.75, 3.05) is 45.2 Å². The summed E-state index contributed by atoms with van der Waals surface area (Å²) in [5, 5.41) is 7.78. The summed E-state index contributed by atoms with van der Waals surface area (Å²) in [4.78, 5) is 17.4. The van der Waals surface area contributed by atoms with Gasteiger partial charge in [0.15, 0.2) is 0 Å². The number of carbonyl (C=O) groups excluding carboxylic acids is 1. The number of nitrogens with one attached hydrogen (secondary N) is 1. The molecule has 202 valence electrons. The van der Waals surface area contributed by atoms with E-state index in [9.17, 15) is 9.18 Å². The van der Waals surface area contributed by atoms with E-state index in [4.69, 9.17) is 9.84 Å². The fourth-order valence-electron chi connectivity index (χ4n) is 4.75. The highest BCUT2D eigenvalue weighted by Gasteiger charge is 2.15. The Balaban J connectivity index is 1.21. The van der Waals surface area contributed by atoms with Crippen LogP contribution in [0.5, 0.6) is 5.75 Å². The van der Waals surface area contributed by atoms with Crippen LogP contribution in [0.4, 0.5) is 10.1 Å². The normalized spacial score (nSPS) is 13.9. The van der Waals surface area contributed by atoms with Crippen molar-refractivity contribution in [3.63, 3.8) is 0 Å². The zero-order valence-corrected chi connectivity index (χ0v) is 22.4. The first-order valence-electron chi connectivity index (χ1n) is 13.3. The molecule has 1 amide bonds. The average molecular weight is 528 g/mol. The highest BCUT2D eigenvalue weighted by atomic mass is 19.1. The van der Waals surface area contributed by atoms with Gasteiger partial charge < -0.3 is 19.9 Å². The second kappa shape index (κ2) is 12.1. The highest BCUT2D eigenvalue weighted by molar-refractivity contribution is 5.76. The molecule has 1 aliphatic heterocycles. The molecule has 3 aromatic carbocycles. The lowest BCUT2D eigenvalue weighted by Gasteiger charge is -2.34. The Bertz CT molecular complexity index is 1390. The number of amides is 1. The van der Waals surface area contributed by atoms with E-state index in [1.54, 1.807) is 17.9 Å². The fraction of sp³-hybridized carbons (Fsp3) is 0.290. The van der Waals surface area contributed by atoms with E-state index in [1.807, 2.05) is 36.4 Å². The molecule has 8 heteroatoms. The number of piperazine rings is 1. The van der Waals surface area contributed by atoms with E-state index in [-0.39, 0.29) is 11.7 Å². The van der Waals surface area contributed by atoms with Gasteiger partial charge in [-0.05, 0) is 67.2 Å². The number of benzene rings is 3. The average Bonchev–Trinajstić information content (AvgIpc) is 3.40. The van der Waals surface area contributed by atoms with E-state index in [0.29, 0.717) is 24.9 Å². The van der Waals surface area contributed by atoms with E-state index in [1.165, 1.54) is 17.8 Å². The summed E-state index contributed by atoms with van der Waals surface area (Å²) in [6.45, 7) is 4.68. The van der Waals surface area contributed by atoms with Gasteiger partial charge >= 0.3 is 0 Å². The Labute approximate surface area is 228 Å². The predicted octanol–water partition coefficient (Wildman–Crippen LogP) is 4.69. The van der Waals surface area contributed by atoms with Crippen LogP contribution in [0.2, 0.25) is 0 Å². The van der Waals surface area contributed by atoms with Crippen molar-refractivity contribution < 1.29 is 13.9 Å². The van der Waals surface area contributed by atoms with Gasteiger partial charge in [0.05, 0.1) is 24.2 Å². The number of halogens is 1. The van der Waals surface area contributed by atoms with Crippen LogP contribution in [-0.2, 0) is 17.8 Å². The fourth-order valence-corrected chi connectivity index (χ4v) is 4.75. The largest absolute Gasteiger partial charge is 0.497 e. The smallest absolute Gasteiger partial charge is 0.220 e. The first-order chi connectivity index (χ1) is 19.0. The second-order valence-corrected chi connectivity index (χ2v) is 9.87. The van der Waals surface area contributed by atoms with Crippen LogP contribution in [-0.4, -0.2) is 60.9 Å². The number of methoxy groups -OCH3 is 1. The maximum Gasteiger partial charge on any atom is 0.220 e. The minimum atomic E-state index is -0.313. The minimum Gasteiger partial charge on any atom is -0.497 e. The third kappa shape index (κ3) is 6.64. The number of carbonyl (C=O) groups is 1. The molecule has 1 aromatic heterocycles. The first-order valence-corrected chi connectivity index (χ1v) is 13.3. The van der Waals surface area contributed by atoms with Crippen LogP contribution >= 0.6 is 0 Å². The monoisotopic (exact) mass is 527 g/mol. The number of anilines is 1. The molecule has 0 spiro atoms. The van der Waals surface area contributed by atoms with Crippen LogP contribution in [0.15, 0.2) is 78.9 Å². The molecular weight excluding hydrogens is 493 g/mol. The van der Waals surface area contributed by atoms with Gasteiger partial charge in [-0.15, -0.1) is 0 Å². The lowest BCUT2D eigenvalue weighted by atomic mass is 10.1. The van der Waals surface area contributed by atoms with Crippen molar-refractivity contribution in [1.29, 1.82) is 0 Å². The topological polar surface area (TPSA) is 62.6 Å². The molecule has 0 bridgehead atoms. The van der Waals surface area contributed by atoms with Crippen molar-refractivity contribution in [2.24, 2.45) is 0 Å². The number of ether oxygens (including phenoxy) is 1. The minimum absolute atomic E-state index is 0.0375. The molecule has 0 unspecified atom stereocenters. The molecule has 0 atom stereocenters. The maximum atomic E-state index is 14.0. The van der Waals surface area contributed by atoms with Crippen molar-refractivity contribution in [2.45, 2.75) is 19.4 Å². The van der Waals surface area contributed by atoms with Gasteiger partial charge in [0, 0.05) is 56.8 Å². The molecule has 1 fully saturated rings. The van der Waals surface area contributed by atoms with E-state index >= 15 is 0 Å². The summed E-state index contributed by atoms with van der Waals surface area (Å²) in [7, 11) is 3.77. The molecule has 39 heavy (non-hydrogen) atoms. The third-order valence-corrected chi connectivity index (χ3v) is 7.10. The van der Waals surface area contributed by atoms with E-state index in [2.05, 4.69) is 46.4 Å². The zero-order chi connectivity index (χ0) is 27.2. The number of hydrogen-bond acceptors (Lipinski definition) is 5. The maximum absolute atomic E-state index is 14.0. The van der Waals surface area contributed by atoms with Gasteiger partial charge in [-0.1, -0.05) is 24.3 Å². The third-order valence-electron chi connectivity index (χ3n) is 7.10. The SMILES string of the molecule is COc1ccc(-n2nc(CCC(=O)NCc3ccc(N4CCN(C)CC4)cc3)cc2-c2cccc(F)c2)cc1. The molecule has 1 N–H and O–H groups in total. The lowest BCUT2D eigenvalue weighted by Crippen LogP contribution is -2.44. The summed E-state index contributed by atoms with van der Waals surface area (Å²) in [5.74, 6) is 0.390. The Kier molecular flexibility index (Phi) is 8.22. The Morgan fingerprint density at radius 1 is 0.949 bits per heavy atom. The quantitative estimate of drug-likeness (QED) is 0.342. The van der Waals surface area contributed by atoms with E-state index < -0.39 is 0 Å². The number of likely N-dealkylation sites (N-methyl/N-ethyl adjacent to an activating group) is 1. The Morgan fingerprint density at radius 3 is 2.36 bits per heavy atom. The number of aryl methyl sites for hydroxylation is 1. The molecule has 4 aromatic rings. The molecular formula is C31H34FN5O2. The molecule has 1 saturated heterocycles. The number of nitrogens with zero attached hydrogens (tertiary/aromatic N) is 4. The number of rotatable bonds is 9. The summed E-state index contributed by atoms with van der Waals surface area (Å²) >= 11 is 0. The van der Waals surface area contributed by atoms with Gasteiger partial charge in [0.25, 0.3) is 0 Å². The van der Waals surface area contributed by atoms with Crippen molar-refractivity contribution >= 4 is 11.6 Å². The summed E-state index contributed by atoms with van der Waals surface area (Å²) in [6.07, 6.45) is 0.779. The first kappa shape index (κ1) is 26.4. The molecule has 0 aliphatic carbocycles. The predicted molar refractivity (Wildman–Crippen MR) is 152 cm³/mol. The van der Waals surface area contributed by atoms with Gasteiger partial charge in [-0.25, -0.2) is 9.07 Å². The second-order valence-electron chi connectivity index (χ2n) is 9.87. The summed E-state index contributed by atoms with van der Waals surface area (Å²) in [5.41, 5.74) is 5.35. The number of aromatic nitrogens is 2. The highest BCUT2D eigenvalue weighted by Crippen LogP contribution is 2.26. The number of hydrogen-bond donors (Lipinski definition) is 1. The van der Waals surface area contributed by atoms with Gasteiger partial charge in [-0.3, -0.25) is 4.79 Å². The molecule has 2 heterocycles. The van der Waals surface area contributed by atoms with Crippen LogP contribution in [0.3, 0.4) is 0 Å². The molecule has 7 nitrogen and oxygen atoms in total. The standard InChI is InChI=1S/C31H34FN5O2/c1-35-16-18-36(19-17-35)27-9-6-23(7-10-27)22-33-31(38)15-8-26-21-30(24-4-3-5-25(32)20-24)37(34-26)28-11-13-29(39-2)14-12-28/h3-7,9-14,20-21H,8,15-19,22H2,1-2H3,(H,33,38). The van der Waals surface area contributed by atoms with E-state index in [0.717, 1.165) is 54.6 Å². The van der Waals surface area contributed by atoms with Crippen molar-refractivity contribution in [3.8, 4) is 22.7 Å². The van der Waals surface area contributed by atoms with Crippen LogP contribution < -0.4 is 15.0 Å². The van der Waals surface area contributed by atoms with Crippen LogP contribution in [0.25, 0.3) is 16.9 Å². The summed E-state index contributed by atoms with van der Waals surface area (Å²) < 4.78 is 21.1. The van der Waals surface area contributed by atoms with Gasteiger partial charge in [0.1, 0.15) is 11.6 Å². The summed E-state index contributed by atoms with van der Waals surface area (Å²) in [6, 6.07) is 24.3. The van der Waals surface area contributed by atoms with Gasteiger partial charge in [-0.2, -0.15) is 5.10 Å². The zero-order valence-electron chi connectivity index (χ0n) is 22.4. The van der Waals surface area contributed by atoms with Crippen LogP contribution in [0.1, 0.15) is 17.7 Å². The van der Waals surface area contributed by atoms with Crippen molar-refractivity contribution in [3.05, 3.63) is 95.9 Å². The Hall–Kier alpha value is -4.17. The Morgan fingerprint density at radius 2 is 1.67 bits per heavy atom. The van der Waals surface area contributed by atoms with Crippen LogP contribution in [0, 0.1) is 5.82 Å². The molecule has 0 saturated carbocycles. The molecule has 0 radical (unpaired) electrons.